The van der Waals surface area contributed by atoms with Crippen LogP contribution in [0.2, 0.25) is 0 Å². The highest BCUT2D eigenvalue weighted by Crippen LogP contribution is 2.20. The van der Waals surface area contributed by atoms with Crippen LogP contribution in [-0.4, -0.2) is 45.1 Å². The molecular weight excluding hydrogens is 426 g/mol. The monoisotopic (exact) mass is 446 g/mol. The molecule has 2 aromatic carbocycles. The van der Waals surface area contributed by atoms with Gasteiger partial charge in [-0.25, -0.2) is 28.4 Å². The number of aromatic nitrogens is 4. The van der Waals surface area contributed by atoms with E-state index < -0.39 is 11.6 Å². The molecule has 0 saturated heterocycles. The molecule has 0 amide bonds. The molecule has 4 rings (SSSR count). The first-order valence-corrected chi connectivity index (χ1v) is 10.0. The van der Waals surface area contributed by atoms with Crippen LogP contribution in [0.15, 0.2) is 76.8 Å². The maximum atomic E-state index is 13.6. The summed E-state index contributed by atoms with van der Waals surface area (Å²) >= 11 is 0. The number of halogens is 2. The van der Waals surface area contributed by atoms with Crippen molar-refractivity contribution in [3.8, 4) is 22.6 Å². The quantitative estimate of drug-likeness (QED) is 0.332. The third-order valence-electron chi connectivity index (χ3n) is 4.62. The SMILES string of the molecule is CN(C)/C=N\c1cnc(-c2cccc(Cn3nc(-c4cc(F)cc(F)c4)ccc3=O)c2)nc1. The van der Waals surface area contributed by atoms with E-state index in [2.05, 4.69) is 20.1 Å². The summed E-state index contributed by atoms with van der Waals surface area (Å²) in [6.45, 7) is 0.170. The lowest BCUT2D eigenvalue weighted by Gasteiger charge is -2.09. The minimum Gasteiger partial charge on any atom is -0.369 e. The molecule has 166 valence electrons. The van der Waals surface area contributed by atoms with Gasteiger partial charge in [-0.15, -0.1) is 0 Å². The van der Waals surface area contributed by atoms with E-state index >= 15 is 0 Å². The molecule has 0 spiro atoms. The topological polar surface area (TPSA) is 76.3 Å². The molecule has 0 N–H and O–H groups in total. The van der Waals surface area contributed by atoms with Gasteiger partial charge in [0.05, 0.1) is 31.0 Å². The summed E-state index contributed by atoms with van der Waals surface area (Å²) in [5.41, 5.74) is 2.40. The van der Waals surface area contributed by atoms with Crippen LogP contribution in [0.4, 0.5) is 14.5 Å². The molecular formula is C24H20F2N6O. The van der Waals surface area contributed by atoms with Crippen LogP contribution >= 0.6 is 0 Å². The van der Waals surface area contributed by atoms with Gasteiger partial charge >= 0.3 is 0 Å². The molecule has 0 saturated carbocycles. The summed E-state index contributed by atoms with van der Waals surface area (Å²) in [6.07, 6.45) is 4.92. The lowest BCUT2D eigenvalue weighted by Crippen LogP contribution is -2.22. The van der Waals surface area contributed by atoms with Gasteiger partial charge < -0.3 is 4.90 Å². The van der Waals surface area contributed by atoms with Crippen molar-refractivity contribution >= 4 is 12.0 Å². The summed E-state index contributed by atoms with van der Waals surface area (Å²) in [7, 11) is 3.74. The fourth-order valence-corrected chi connectivity index (χ4v) is 3.12. The Morgan fingerprint density at radius 3 is 2.39 bits per heavy atom. The van der Waals surface area contributed by atoms with Crippen molar-refractivity contribution in [1.29, 1.82) is 0 Å². The third kappa shape index (κ3) is 5.51. The smallest absolute Gasteiger partial charge is 0.267 e. The number of aliphatic imine (C=N–C) groups is 1. The van der Waals surface area contributed by atoms with Crippen molar-refractivity contribution in [3.05, 3.63) is 94.5 Å². The first-order valence-electron chi connectivity index (χ1n) is 10.0. The molecule has 7 nitrogen and oxygen atoms in total. The molecule has 0 unspecified atom stereocenters. The summed E-state index contributed by atoms with van der Waals surface area (Å²) < 4.78 is 28.4. The van der Waals surface area contributed by atoms with Crippen molar-refractivity contribution < 1.29 is 8.78 Å². The van der Waals surface area contributed by atoms with Gasteiger partial charge in [-0.3, -0.25) is 4.79 Å². The molecule has 0 aliphatic heterocycles. The van der Waals surface area contributed by atoms with Crippen LogP contribution in [-0.2, 0) is 6.54 Å². The largest absolute Gasteiger partial charge is 0.369 e. The van der Waals surface area contributed by atoms with Gasteiger partial charge in [0.25, 0.3) is 5.56 Å². The van der Waals surface area contributed by atoms with Gasteiger partial charge in [0, 0.05) is 37.4 Å². The second-order valence-corrected chi connectivity index (χ2v) is 7.55. The van der Waals surface area contributed by atoms with E-state index in [-0.39, 0.29) is 17.7 Å². The van der Waals surface area contributed by atoms with Crippen molar-refractivity contribution in [2.75, 3.05) is 14.1 Å². The minimum absolute atomic E-state index is 0.170. The average Bonchev–Trinajstić information content (AvgIpc) is 2.79. The van der Waals surface area contributed by atoms with Gasteiger partial charge in [-0.1, -0.05) is 18.2 Å². The number of rotatable bonds is 6. The Balaban J connectivity index is 1.59. The number of benzene rings is 2. The lowest BCUT2D eigenvalue weighted by atomic mass is 10.1. The fourth-order valence-electron chi connectivity index (χ4n) is 3.12. The summed E-state index contributed by atoms with van der Waals surface area (Å²) in [5.74, 6) is -0.906. The standard InChI is InChI=1S/C24H20F2N6O/c1-31(2)15-29-21-12-27-24(28-13-21)17-5-3-4-16(8-17)14-32-23(33)7-6-22(30-32)18-9-19(25)11-20(26)10-18/h3-13,15H,14H2,1-2H3/b29-15-. The average molecular weight is 446 g/mol. The second-order valence-electron chi connectivity index (χ2n) is 7.55. The summed E-state index contributed by atoms with van der Waals surface area (Å²) in [4.78, 5) is 27.1. The van der Waals surface area contributed by atoms with Crippen LogP contribution in [0.1, 0.15) is 5.56 Å². The molecule has 0 fully saturated rings. The Bertz CT molecular complexity index is 1350. The highest BCUT2D eigenvalue weighted by molar-refractivity contribution is 5.61. The molecule has 0 bridgehead atoms. The first kappa shape index (κ1) is 21.9. The Kier molecular flexibility index (Phi) is 6.30. The number of hydrogen-bond acceptors (Lipinski definition) is 5. The Hall–Kier alpha value is -4.27. The molecule has 0 radical (unpaired) electrons. The fraction of sp³-hybridized carbons (Fsp3) is 0.125. The van der Waals surface area contributed by atoms with E-state index in [1.54, 1.807) is 18.7 Å². The Morgan fingerprint density at radius 2 is 1.70 bits per heavy atom. The Morgan fingerprint density at radius 1 is 0.970 bits per heavy atom. The van der Waals surface area contributed by atoms with Crippen molar-refractivity contribution in [1.82, 2.24) is 24.6 Å². The molecule has 2 aromatic heterocycles. The van der Waals surface area contributed by atoms with E-state index in [9.17, 15) is 13.6 Å². The van der Waals surface area contributed by atoms with Crippen LogP contribution < -0.4 is 5.56 Å². The molecule has 9 heteroatoms. The highest BCUT2D eigenvalue weighted by Gasteiger charge is 2.09. The predicted octanol–water partition coefficient (Wildman–Crippen LogP) is 3.92. The highest BCUT2D eigenvalue weighted by atomic mass is 19.1. The Labute approximate surface area is 188 Å². The summed E-state index contributed by atoms with van der Waals surface area (Å²) in [6, 6.07) is 13.3. The van der Waals surface area contributed by atoms with Gasteiger partial charge in [-0.2, -0.15) is 5.10 Å². The van der Waals surface area contributed by atoms with Crippen LogP contribution in [0, 0.1) is 11.6 Å². The zero-order valence-corrected chi connectivity index (χ0v) is 18.0. The maximum Gasteiger partial charge on any atom is 0.267 e. The molecule has 2 heterocycles. The van der Waals surface area contributed by atoms with Crippen molar-refractivity contribution in [2.24, 2.45) is 4.99 Å². The maximum absolute atomic E-state index is 13.6. The van der Waals surface area contributed by atoms with E-state index in [1.165, 1.54) is 28.9 Å². The van der Waals surface area contributed by atoms with E-state index in [4.69, 9.17) is 0 Å². The third-order valence-corrected chi connectivity index (χ3v) is 4.62. The zero-order valence-electron chi connectivity index (χ0n) is 18.0. The van der Waals surface area contributed by atoms with Gasteiger partial charge in [-0.05, 0) is 29.8 Å². The van der Waals surface area contributed by atoms with Gasteiger partial charge in [0.15, 0.2) is 5.82 Å². The van der Waals surface area contributed by atoms with E-state index in [0.29, 0.717) is 17.2 Å². The minimum atomic E-state index is -0.712. The predicted molar refractivity (Wildman–Crippen MR) is 122 cm³/mol. The zero-order chi connectivity index (χ0) is 23.4. The van der Waals surface area contributed by atoms with Crippen molar-refractivity contribution in [3.63, 3.8) is 0 Å². The normalized spacial score (nSPS) is 11.2. The first-order chi connectivity index (χ1) is 15.9. The molecule has 33 heavy (non-hydrogen) atoms. The van der Waals surface area contributed by atoms with E-state index in [1.807, 2.05) is 43.3 Å². The molecule has 0 aliphatic carbocycles. The number of hydrogen-bond donors (Lipinski definition) is 0. The van der Waals surface area contributed by atoms with Crippen LogP contribution in [0.25, 0.3) is 22.6 Å². The molecule has 4 aromatic rings. The van der Waals surface area contributed by atoms with E-state index in [0.717, 1.165) is 17.2 Å². The molecule has 0 atom stereocenters. The van der Waals surface area contributed by atoms with Gasteiger partial charge in [0.1, 0.15) is 17.3 Å². The van der Waals surface area contributed by atoms with Crippen LogP contribution in [0.3, 0.4) is 0 Å². The van der Waals surface area contributed by atoms with Gasteiger partial charge in [0.2, 0.25) is 0 Å². The molecule has 0 aliphatic rings. The summed E-state index contributed by atoms with van der Waals surface area (Å²) in [5, 5.41) is 4.29. The lowest BCUT2D eigenvalue weighted by molar-refractivity contribution is 0.583. The van der Waals surface area contributed by atoms with Crippen molar-refractivity contribution in [2.45, 2.75) is 6.54 Å². The second kappa shape index (κ2) is 9.47. The van der Waals surface area contributed by atoms with Crippen LogP contribution in [0.5, 0.6) is 0 Å². The number of nitrogens with zero attached hydrogens (tertiary/aromatic N) is 6.